The molecule has 1 amide bonds. The van der Waals surface area contributed by atoms with E-state index in [0.29, 0.717) is 29.3 Å². The van der Waals surface area contributed by atoms with Crippen LogP contribution in [-0.4, -0.2) is 17.4 Å². The number of nitrogens with zero attached hydrogens (tertiary/aromatic N) is 2. The van der Waals surface area contributed by atoms with Crippen LogP contribution in [0, 0.1) is 19.3 Å². The number of carbonyl (C=O) groups is 1. The van der Waals surface area contributed by atoms with Crippen LogP contribution in [0.2, 0.25) is 0 Å². The maximum atomic E-state index is 13.0. The number of hydrogen-bond donors (Lipinski definition) is 0. The highest BCUT2D eigenvalue weighted by Crippen LogP contribution is 2.23. The number of benzene rings is 1. The average Bonchev–Trinajstić information content (AvgIpc) is 3.17. The van der Waals surface area contributed by atoms with Gasteiger partial charge < -0.3 is 9.32 Å². The molecule has 0 bridgehead atoms. The molecular formula is C21H18N2O2. The molecule has 3 rings (SSSR count). The summed E-state index contributed by atoms with van der Waals surface area (Å²) in [6.07, 6.45) is 7.06. The molecule has 4 nitrogen and oxygen atoms in total. The van der Waals surface area contributed by atoms with Gasteiger partial charge >= 0.3 is 0 Å². The van der Waals surface area contributed by atoms with Crippen LogP contribution in [0.4, 0.5) is 5.69 Å². The molecule has 0 saturated carbocycles. The highest BCUT2D eigenvalue weighted by molar-refractivity contribution is 6.07. The maximum Gasteiger partial charge on any atom is 0.260 e. The number of anilines is 1. The molecule has 0 atom stereocenters. The van der Waals surface area contributed by atoms with E-state index in [-0.39, 0.29) is 5.91 Å². The third-order valence-corrected chi connectivity index (χ3v) is 3.98. The van der Waals surface area contributed by atoms with Crippen molar-refractivity contribution in [1.29, 1.82) is 0 Å². The summed E-state index contributed by atoms with van der Waals surface area (Å²) in [5.41, 5.74) is 3.44. The summed E-state index contributed by atoms with van der Waals surface area (Å²) in [7, 11) is 0. The van der Waals surface area contributed by atoms with Crippen molar-refractivity contribution in [1.82, 2.24) is 4.98 Å². The molecule has 0 aliphatic heterocycles. The predicted molar refractivity (Wildman–Crippen MR) is 98.4 cm³/mol. The van der Waals surface area contributed by atoms with E-state index in [1.807, 2.05) is 50.2 Å². The van der Waals surface area contributed by atoms with Crippen molar-refractivity contribution in [2.75, 3.05) is 11.4 Å². The summed E-state index contributed by atoms with van der Waals surface area (Å²) in [4.78, 5) is 19.2. The van der Waals surface area contributed by atoms with Gasteiger partial charge in [0.1, 0.15) is 5.69 Å². The van der Waals surface area contributed by atoms with E-state index in [9.17, 15) is 4.79 Å². The number of carbonyl (C=O) groups excluding carboxylic acids is 1. The molecule has 2 aromatic heterocycles. The molecule has 0 N–H and O–H groups in total. The standard InChI is InChI=1S/C21H18N2O2/c1-4-16-8-6-9-17(14-16)23(5-2)21(24)18-11-12-19(22-15(18)3)20-10-7-13-25-20/h1,6-14H,5H2,2-3H3. The van der Waals surface area contributed by atoms with Crippen molar-refractivity contribution >= 4 is 11.6 Å². The van der Waals surface area contributed by atoms with Crippen LogP contribution in [0.3, 0.4) is 0 Å². The van der Waals surface area contributed by atoms with Crippen LogP contribution in [-0.2, 0) is 0 Å². The molecule has 0 saturated heterocycles. The third-order valence-electron chi connectivity index (χ3n) is 3.98. The van der Waals surface area contributed by atoms with Gasteiger partial charge in [0.2, 0.25) is 0 Å². The van der Waals surface area contributed by atoms with Crippen LogP contribution in [0.5, 0.6) is 0 Å². The summed E-state index contributed by atoms with van der Waals surface area (Å²) < 4.78 is 5.36. The first-order valence-corrected chi connectivity index (χ1v) is 8.04. The molecule has 1 aromatic carbocycles. The van der Waals surface area contributed by atoms with Crippen LogP contribution in [0.25, 0.3) is 11.5 Å². The quantitative estimate of drug-likeness (QED) is 0.670. The van der Waals surface area contributed by atoms with Gasteiger partial charge in [0.15, 0.2) is 5.76 Å². The van der Waals surface area contributed by atoms with E-state index in [1.54, 1.807) is 23.3 Å². The minimum Gasteiger partial charge on any atom is -0.463 e. The van der Waals surface area contributed by atoms with Gasteiger partial charge in [-0.2, -0.15) is 0 Å². The number of pyridine rings is 1. The molecule has 0 spiro atoms. The minimum atomic E-state index is -0.104. The fourth-order valence-corrected chi connectivity index (χ4v) is 2.70. The molecule has 0 aliphatic rings. The summed E-state index contributed by atoms with van der Waals surface area (Å²) >= 11 is 0. The summed E-state index contributed by atoms with van der Waals surface area (Å²) in [5, 5.41) is 0. The van der Waals surface area contributed by atoms with Gasteiger partial charge in [-0.3, -0.25) is 4.79 Å². The van der Waals surface area contributed by atoms with E-state index in [1.165, 1.54) is 0 Å². The fraction of sp³-hybridized carbons (Fsp3) is 0.143. The van der Waals surface area contributed by atoms with E-state index in [2.05, 4.69) is 10.9 Å². The zero-order chi connectivity index (χ0) is 17.8. The highest BCUT2D eigenvalue weighted by Gasteiger charge is 2.19. The Balaban J connectivity index is 1.94. The van der Waals surface area contributed by atoms with Gasteiger partial charge in [-0.1, -0.05) is 12.0 Å². The first-order chi connectivity index (χ1) is 12.1. The van der Waals surface area contributed by atoms with E-state index in [0.717, 1.165) is 11.3 Å². The second kappa shape index (κ2) is 7.06. The maximum absolute atomic E-state index is 13.0. The number of aryl methyl sites for hydroxylation is 1. The Kier molecular flexibility index (Phi) is 4.67. The lowest BCUT2D eigenvalue weighted by Gasteiger charge is -2.22. The molecule has 0 fully saturated rings. The van der Waals surface area contributed by atoms with Gasteiger partial charge in [-0.15, -0.1) is 6.42 Å². The number of amides is 1. The first kappa shape index (κ1) is 16.5. The van der Waals surface area contributed by atoms with E-state index < -0.39 is 0 Å². The minimum absolute atomic E-state index is 0.104. The second-order valence-electron chi connectivity index (χ2n) is 5.55. The Morgan fingerprint density at radius 2 is 2.08 bits per heavy atom. The number of terminal acetylenes is 1. The molecule has 0 unspecified atom stereocenters. The van der Waals surface area contributed by atoms with Crippen molar-refractivity contribution in [3.05, 3.63) is 71.6 Å². The van der Waals surface area contributed by atoms with Gasteiger partial charge in [-0.05, 0) is 56.3 Å². The van der Waals surface area contributed by atoms with Gasteiger partial charge in [-0.25, -0.2) is 4.98 Å². The normalized spacial score (nSPS) is 10.3. The van der Waals surface area contributed by atoms with E-state index in [4.69, 9.17) is 10.8 Å². The first-order valence-electron chi connectivity index (χ1n) is 8.04. The lowest BCUT2D eigenvalue weighted by Crippen LogP contribution is -2.31. The van der Waals surface area contributed by atoms with Crippen molar-refractivity contribution in [2.24, 2.45) is 0 Å². The van der Waals surface area contributed by atoms with Crippen molar-refractivity contribution in [3.63, 3.8) is 0 Å². The van der Waals surface area contributed by atoms with Crippen LogP contribution >= 0.6 is 0 Å². The lowest BCUT2D eigenvalue weighted by atomic mass is 10.1. The number of furan rings is 1. The molecule has 25 heavy (non-hydrogen) atoms. The fourth-order valence-electron chi connectivity index (χ4n) is 2.70. The van der Waals surface area contributed by atoms with Crippen molar-refractivity contribution in [2.45, 2.75) is 13.8 Å². The van der Waals surface area contributed by atoms with Gasteiger partial charge in [0.05, 0.1) is 17.5 Å². The zero-order valence-electron chi connectivity index (χ0n) is 14.2. The highest BCUT2D eigenvalue weighted by atomic mass is 16.3. The third kappa shape index (κ3) is 3.31. The molecule has 2 heterocycles. The number of rotatable bonds is 4. The Morgan fingerprint density at radius 3 is 2.72 bits per heavy atom. The van der Waals surface area contributed by atoms with E-state index >= 15 is 0 Å². The van der Waals surface area contributed by atoms with Crippen molar-refractivity contribution in [3.8, 4) is 23.8 Å². The molecule has 4 heteroatoms. The Labute approximate surface area is 147 Å². The van der Waals surface area contributed by atoms with Crippen LogP contribution in [0.15, 0.2) is 59.2 Å². The van der Waals surface area contributed by atoms with Crippen LogP contribution in [0.1, 0.15) is 28.5 Å². The SMILES string of the molecule is C#Cc1cccc(N(CC)C(=O)c2ccc(-c3ccco3)nc2C)c1. The molecule has 3 aromatic rings. The summed E-state index contributed by atoms with van der Waals surface area (Å²) in [5.74, 6) is 3.17. The van der Waals surface area contributed by atoms with Gasteiger partial charge in [0.25, 0.3) is 5.91 Å². The Morgan fingerprint density at radius 1 is 1.24 bits per heavy atom. The lowest BCUT2D eigenvalue weighted by molar-refractivity contribution is 0.0987. The zero-order valence-corrected chi connectivity index (χ0v) is 14.2. The average molecular weight is 330 g/mol. The van der Waals surface area contributed by atoms with Gasteiger partial charge in [0, 0.05) is 17.8 Å². The largest absolute Gasteiger partial charge is 0.463 e. The molecule has 124 valence electrons. The Bertz CT molecular complexity index is 937. The Hall–Kier alpha value is -3.32. The molecule has 0 aliphatic carbocycles. The topological polar surface area (TPSA) is 46.3 Å². The second-order valence-corrected chi connectivity index (χ2v) is 5.55. The number of hydrogen-bond acceptors (Lipinski definition) is 3. The van der Waals surface area contributed by atoms with Crippen molar-refractivity contribution < 1.29 is 9.21 Å². The monoisotopic (exact) mass is 330 g/mol. The summed E-state index contributed by atoms with van der Waals surface area (Å²) in [6.45, 7) is 4.29. The summed E-state index contributed by atoms with van der Waals surface area (Å²) in [6, 6.07) is 14.6. The predicted octanol–water partition coefficient (Wildman–Crippen LogP) is 4.30. The number of aromatic nitrogens is 1. The molecule has 0 radical (unpaired) electrons. The smallest absolute Gasteiger partial charge is 0.260 e. The van der Waals surface area contributed by atoms with Crippen LogP contribution < -0.4 is 4.90 Å². The molecular weight excluding hydrogens is 312 g/mol.